The summed E-state index contributed by atoms with van der Waals surface area (Å²) in [6, 6.07) is 17.3. The van der Waals surface area contributed by atoms with E-state index in [4.69, 9.17) is 9.47 Å². The fraction of sp³-hybridized carbons (Fsp3) is 0.172. The summed E-state index contributed by atoms with van der Waals surface area (Å²) < 4.78 is 54.6. The zero-order valence-electron chi connectivity index (χ0n) is 21.0. The smallest absolute Gasteiger partial charge is 0.497 e. The van der Waals surface area contributed by atoms with Crippen LogP contribution in [-0.2, 0) is 16.0 Å². The maximum atomic E-state index is 13.4. The Bertz CT molecular complexity index is 1540. The number of hydrogen-bond acceptors (Lipinski definition) is 5. The highest BCUT2D eigenvalue weighted by molar-refractivity contribution is 6.03. The van der Waals surface area contributed by atoms with Crippen LogP contribution in [0.5, 0.6) is 11.5 Å². The van der Waals surface area contributed by atoms with Crippen LogP contribution in [0.2, 0.25) is 0 Å². The van der Waals surface area contributed by atoms with Gasteiger partial charge in [-0.15, -0.1) is 13.2 Å². The van der Waals surface area contributed by atoms with E-state index < -0.39 is 18.1 Å². The highest BCUT2D eigenvalue weighted by Crippen LogP contribution is 2.31. The molecule has 0 unspecified atom stereocenters. The number of hydrogen-bond donors (Lipinski definition) is 1. The molecule has 0 fully saturated rings. The summed E-state index contributed by atoms with van der Waals surface area (Å²) in [6.07, 6.45) is -1.66. The van der Waals surface area contributed by atoms with Crippen LogP contribution in [0.3, 0.4) is 0 Å². The average molecular weight is 540 g/mol. The lowest BCUT2D eigenvalue weighted by atomic mass is 10.0. The van der Waals surface area contributed by atoms with E-state index in [1.807, 2.05) is 0 Å². The van der Waals surface area contributed by atoms with Crippen LogP contribution >= 0.6 is 0 Å². The van der Waals surface area contributed by atoms with Crippen molar-refractivity contribution in [1.29, 1.82) is 0 Å². The van der Waals surface area contributed by atoms with E-state index in [2.05, 4.69) is 4.74 Å². The monoisotopic (exact) mass is 539 g/mol. The van der Waals surface area contributed by atoms with Gasteiger partial charge >= 0.3 is 12.3 Å². The van der Waals surface area contributed by atoms with Crippen LogP contribution < -0.4 is 9.47 Å². The number of ether oxygens (including phenoxy) is 3. The van der Waals surface area contributed by atoms with Crippen LogP contribution in [0.1, 0.15) is 34.0 Å². The van der Waals surface area contributed by atoms with Gasteiger partial charge in [0.1, 0.15) is 11.5 Å². The minimum atomic E-state index is -4.88. The number of carboxylic acid groups (broad SMARTS) is 1. The number of halogens is 3. The van der Waals surface area contributed by atoms with E-state index in [0.29, 0.717) is 33.3 Å². The van der Waals surface area contributed by atoms with Crippen molar-refractivity contribution in [3.8, 4) is 11.5 Å². The molecule has 7 nitrogen and oxygen atoms in total. The molecule has 0 saturated heterocycles. The van der Waals surface area contributed by atoms with E-state index in [-0.39, 0.29) is 24.7 Å². The Morgan fingerprint density at radius 1 is 1.00 bits per heavy atom. The lowest BCUT2D eigenvalue weighted by Gasteiger charge is -2.10. The third kappa shape index (κ3) is 6.59. The first-order valence-corrected chi connectivity index (χ1v) is 11.8. The topological polar surface area (TPSA) is 87.0 Å². The van der Waals surface area contributed by atoms with Gasteiger partial charge < -0.3 is 19.3 Å². The number of methoxy groups -OCH3 is 1. The second-order valence-electron chi connectivity index (χ2n) is 8.45. The number of carbonyl (C=O) groups is 2. The van der Waals surface area contributed by atoms with Gasteiger partial charge in [0, 0.05) is 17.1 Å². The molecule has 0 bridgehead atoms. The van der Waals surface area contributed by atoms with Crippen molar-refractivity contribution in [1.82, 2.24) is 4.57 Å². The number of nitrogens with zero attached hydrogens (tertiary/aromatic N) is 1. The standard InChI is InChI=1S/C29H24F3NO6/c1-3-38-26(28(35)36)15-19-6-4-5-18(13-19)14-21-17-33(27(34)20-7-9-22(37-2)10-8-20)25-12-11-23(16-24(21)25)39-29(30,31)32/h4-13,15-17H,3,14H2,1-2H3,(H,35,36)/b26-15-. The van der Waals surface area contributed by atoms with Gasteiger partial charge in [-0.3, -0.25) is 9.36 Å². The maximum Gasteiger partial charge on any atom is 0.573 e. The number of fused-ring (bicyclic) bond motifs is 1. The molecule has 0 aliphatic heterocycles. The SMILES string of the molecule is CCO/C(=C\c1cccc(Cc2cn(C(=O)c3ccc(OC)cc3)c3ccc(OC(F)(F)F)cc23)c1)C(=O)O. The van der Waals surface area contributed by atoms with Crippen LogP contribution in [0.25, 0.3) is 17.0 Å². The highest BCUT2D eigenvalue weighted by atomic mass is 19.4. The third-order valence-corrected chi connectivity index (χ3v) is 5.80. The largest absolute Gasteiger partial charge is 0.573 e. The second-order valence-corrected chi connectivity index (χ2v) is 8.45. The van der Waals surface area contributed by atoms with Crippen molar-refractivity contribution >= 4 is 28.9 Å². The van der Waals surface area contributed by atoms with Crippen molar-refractivity contribution in [2.24, 2.45) is 0 Å². The maximum absolute atomic E-state index is 13.4. The summed E-state index contributed by atoms with van der Waals surface area (Å²) in [6.45, 7) is 1.86. The predicted molar refractivity (Wildman–Crippen MR) is 138 cm³/mol. The number of alkyl halides is 3. The first-order valence-electron chi connectivity index (χ1n) is 11.8. The van der Waals surface area contributed by atoms with Gasteiger partial charge in [-0.2, -0.15) is 0 Å². The molecule has 0 radical (unpaired) electrons. The van der Waals surface area contributed by atoms with E-state index >= 15 is 0 Å². The Morgan fingerprint density at radius 3 is 2.36 bits per heavy atom. The molecule has 0 aliphatic rings. The Morgan fingerprint density at radius 2 is 1.72 bits per heavy atom. The van der Waals surface area contributed by atoms with E-state index in [0.717, 1.165) is 11.6 Å². The molecule has 10 heteroatoms. The molecule has 0 aliphatic carbocycles. The summed E-state index contributed by atoms with van der Waals surface area (Å²) >= 11 is 0. The molecule has 3 aromatic carbocycles. The molecule has 0 saturated carbocycles. The minimum Gasteiger partial charge on any atom is -0.497 e. The van der Waals surface area contributed by atoms with Gasteiger partial charge in [0.05, 0.1) is 19.2 Å². The summed E-state index contributed by atoms with van der Waals surface area (Å²) in [7, 11) is 1.51. The van der Waals surface area contributed by atoms with Crippen molar-refractivity contribution in [3.63, 3.8) is 0 Å². The Labute approximate surface area is 221 Å². The summed E-state index contributed by atoms with van der Waals surface area (Å²) in [5, 5.41) is 9.75. The van der Waals surface area contributed by atoms with E-state index in [9.17, 15) is 27.9 Å². The zero-order valence-corrected chi connectivity index (χ0v) is 21.0. The second kappa shape index (κ2) is 11.3. The summed E-state index contributed by atoms with van der Waals surface area (Å²) in [5.41, 5.74) is 2.64. The van der Waals surface area contributed by atoms with Gasteiger partial charge in [0.2, 0.25) is 5.76 Å². The lowest BCUT2D eigenvalue weighted by molar-refractivity contribution is -0.274. The molecular formula is C29H24F3NO6. The van der Waals surface area contributed by atoms with Crippen LogP contribution in [-0.4, -0.2) is 41.6 Å². The van der Waals surface area contributed by atoms with Crippen LogP contribution in [0, 0.1) is 0 Å². The van der Waals surface area contributed by atoms with Crippen LogP contribution in [0.15, 0.2) is 78.7 Å². The van der Waals surface area contributed by atoms with Crippen molar-refractivity contribution < 1.29 is 42.1 Å². The lowest BCUT2D eigenvalue weighted by Crippen LogP contribution is -2.17. The van der Waals surface area contributed by atoms with Gasteiger partial charge in [-0.1, -0.05) is 24.3 Å². The van der Waals surface area contributed by atoms with Gasteiger partial charge in [-0.25, -0.2) is 4.79 Å². The average Bonchev–Trinajstić information content (AvgIpc) is 3.24. The number of carboxylic acids is 1. The molecule has 1 aromatic heterocycles. The molecular weight excluding hydrogens is 515 g/mol. The Hall–Kier alpha value is -4.73. The van der Waals surface area contributed by atoms with Crippen molar-refractivity contribution in [2.75, 3.05) is 13.7 Å². The summed E-state index contributed by atoms with van der Waals surface area (Å²) in [4.78, 5) is 24.8. The molecule has 1 N–H and O–H groups in total. The Kier molecular flexibility index (Phi) is 7.94. The third-order valence-electron chi connectivity index (χ3n) is 5.80. The van der Waals surface area contributed by atoms with Crippen LogP contribution in [0.4, 0.5) is 13.2 Å². The molecule has 4 aromatic rings. The number of rotatable bonds is 9. The quantitative estimate of drug-likeness (QED) is 0.199. The normalized spacial score (nSPS) is 11.9. The van der Waals surface area contributed by atoms with Crippen molar-refractivity contribution in [3.05, 3.63) is 101 Å². The molecule has 4 rings (SSSR count). The zero-order chi connectivity index (χ0) is 28.2. The molecule has 0 spiro atoms. The first kappa shape index (κ1) is 27.3. The molecule has 1 heterocycles. The highest BCUT2D eigenvalue weighted by Gasteiger charge is 2.31. The van der Waals surface area contributed by atoms with E-state index in [1.54, 1.807) is 61.7 Å². The van der Waals surface area contributed by atoms with Crippen molar-refractivity contribution in [2.45, 2.75) is 19.7 Å². The number of benzene rings is 3. The fourth-order valence-corrected chi connectivity index (χ4v) is 4.14. The first-order chi connectivity index (χ1) is 18.6. The molecule has 0 amide bonds. The van der Waals surface area contributed by atoms with Gasteiger partial charge in [0.15, 0.2) is 0 Å². The van der Waals surface area contributed by atoms with E-state index in [1.165, 1.54) is 29.9 Å². The summed E-state index contributed by atoms with van der Waals surface area (Å²) in [5.74, 6) is -1.64. The molecule has 39 heavy (non-hydrogen) atoms. The Balaban J connectivity index is 1.76. The van der Waals surface area contributed by atoms with Gasteiger partial charge in [-0.05, 0) is 78.6 Å². The number of carbonyl (C=O) groups excluding carboxylic acids is 1. The predicted octanol–water partition coefficient (Wildman–Crippen LogP) is 6.29. The molecule has 202 valence electrons. The minimum absolute atomic E-state index is 0.182. The number of aromatic nitrogens is 1. The fourth-order valence-electron chi connectivity index (χ4n) is 4.14. The van der Waals surface area contributed by atoms with Gasteiger partial charge in [0.25, 0.3) is 5.91 Å². The molecule has 0 atom stereocenters. The number of aliphatic carboxylic acids is 1.